The Kier molecular flexibility index (Phi) is 4.96. The first-order valence-electron chi connectivity index (χ1n) is 6.56. The largest absolute Gasteiger partial charge is 0.337 e. The first-order chi connectivity index (χ1) is 9.60. The quantitative estimate of drug-likeness (QED) is 0.770. The number of rotatable bonds is 4. The van der Waals surface area contributed by atoms with Gasteiger partial charge in [0.25, 0.3) is 5.91 Å². The van der Waals surface area contributed by atoms with E-state index in [1.807, 2.05) is 31.3 Å². The van der Waals surface area contributed by atoms with E-state index in [1.165, 1.54) is 5.56 Å². The standard InChI is InChI=1S/C17H18BrNO/c1-13-6-8-14(9-7-13)12-19(2)17(20)16-5-3-4-15(10-16)11-18/h3-10H,11-12H2,1-2H3. The van der Waals surface area contributed by atoms with Gasteiger partial charge in [0.2, 0.25) is 0 Å². The van der Waals surface area contributed by atoms with Gasteiger partial charge in [0, 0.05) is 24.5 Å². The fourth-order valence-corrected chi connectivity index (χ4v) is 2.40. The third-order valence-corrected chi connectivity index (χ3v) is 3.86. The molecule has 0 spiro atoms. The molecular weight excluding hydrogens is 314 g/mol. The highest BCUT2D eigenvalue weighted by Crippen LogP contribution is 2.13. The summed E-state index contributed by atoms with van der Waals surface area (Å²) in [5.74, 6) is 0.0494. The van der Waals surface area contributed by atoms with E-state index in [2.05, 4.69) is 47.1 Å². The van der Waals surface area contributed by atoms with Gasteiger partial charge in [0.15, 0.2) is 0 Å². The molecular formula is C17H18BrNO. The molecule has 2 nitrogen and oxygen atoms in total. The second kappa shape index (κ2) is 6.71. The maximum absolute atomic E-state index is 12.4. The summed E-state index contributed by atoms with van der Waals surface area (Å²) < 4.78 is 0. The van der Waals surface area contributed by atoms with Gasteiger partial charge in [0.05, 0.1) is 0 Å². The number of alkyl halides is 1. The molecule has 0 unspecified atom stereocenters. The number of amides is 1. The summed E-state index contributed by atoms with van der Waals surface area (Å²) in [6.45, 7) is 2.68. The van der Waals surface area contributed by atoms with Crippen LogP contribution in [-0.2, 0) is 11.9 Å². The zero-order valence-electron chi connectivity index (χ0n) is 11.8. The maximum Gasteiger partial charge on any atom is 0.253 e. The molecule has 0 aliphatic rings. The molecule has 0 heterocycles. The lowest BCUT2D eigenvalue weighted by molar-refractivity contribution is 0.0785. The minimum absolute atomic E-state index is 0.0494. The molecule has 0 fully saturated rings. The molecule has 3 heteroatoms. The second-order valence-electron chi connectivity index (χ2n) is 4.98. The zero-order chi connectivity index (χ0) is 14.5. The van der Waals surface area contributed by atoms with Crippen LogP contribution in [0.3, 0.4) is 0 Å². The average molecular weight is 332 g/mol. The van der Waals surface area contributed by atoms with Crippen molar-refractivity contribution in [3.05, 3.63) is 70.8 Å². The van der Waals surface area contributed by atoms with Crippen LogP contribution in [-0.4, -0.2) is 17.9 Å². The van der Waals surface area contributed by atoms with Crippen LogP contribution in [0.1, 0.15) is 27.0 Å². The molecule has 0 radical (unpaired) electrons. The maximum atomic E-state index is 12.4. The molecule has 1 amide bonds. The number of hydrogen-bond acceptors (Lipinski definition) is 1. The van der Waals surface area contributed by atoms with E-state index in [-0.39, 0.29) is 5.91 Å². The van der Waals surface area contributed by atoms with Crippen LogP contribution in [0.25, 0.3) is 0 Å². The van der Waals surface area contributed by atoms with Crippen LogP contribution < -0.4 is 0 Å². The summed E-state index contributed by atoms with van der Waals surface area (Å²) in [7, 11) is 1.84. The number of carbonyl (C=O) groups is 1. The van der Waals surface area contributed by atoms with Gasteiger partial charge >= 0.3 is 0 Å². The molecule has 20 heavy (non-hydrogen) atoms. The van der Waals surface area contributed by atoms with Crippen molar-refractivity contribution in [3.63, 3.8) is 0 Å². The number of hydrogen-bond donors (Lipinski definition) is 0. The van der Waals surface area contributed by atoms with Gasteiger partial charge in [0.1, 0.15) is 0 Å². The highest BCUT2D eigenvalue weighted by molar-refractivity contribution is 9.08. The molecule has 0 saturated heterocycles. The van der Waals surface area contributed by atoms with Crippen LogP contribution in [0.4, 0.5) is 0 Å². The van der Waals surface area contributed by atoms with Gasteiger partial charge in [-0.3, -0.25) is 4.79 Å². The number of nitrogens with zero attached hydrogens (tertiary/aromatic N) is 1. The minimum atomic E-state index is 0.0494. The van der Waals surface area contributed by atoms with Crippen LogP contribution in [0.15, 0.2) is 48.5 Å². The Balaban J connectivity index is 2.09. The van der Waals surface area contributed by atoms with Crippen molar-refractivity contribution < 1.29 is 4.79 Å². The molecule has 104 valence electrons. The molecule has 0 aliphatic heterocycles. The lowest BCUT2D eigenvalue weighted by Gasteiger charge is -2.18. The molecule has 0 bridgehead atoms. The number of carbonyl (C=O) groups excluding carboxylic acids is 1. The Hall–Kier alpha value is -1.61. The first kappa shape index (κ1) is 14.8. The van der Waals surface area contributed by atoms with E-state index in [0.29, 0.717) is 6.54 Å². The normalized spacial score (nSPS) is 10.3. The molecule has 2 rings (SSSR count). The van der Waals surface area contributed by atoms with Gasteiger partial charge in [-0.2, -0.15) is 0 Å². The van der Waals surface area contributed by atoms with Crippen molar-refractivity contribution in [1.29, 1.82) is 0 Å². The summed E-state index contributed by atoms with van der Waals surface area (Å²) in [5.41, 5.74) is 4.21. The summed E-state index contributed by atoms with van der Waals surface area (Å²) in [4.78, 5) is 14.1. The van der Waals surface area contributed by atoms with Gasteiger partial charge in [-0.15, -0.1) is 0 Å². The van der Waals surface area contributed by atoms with E-state index in [0.717, 1.165) is 22.0 Å². The third-order valence-electron chi connectivity index (χ3n) is 3.22. The molecule has 2 aromatic carbocycles. The van der Waals surface area contributed by atoms with Crippen molar-refractivity contribution in [2.75, 3.05) is 7.05 Å². The fourth-order valence-electron chi connectivity index (χ4n) is 2.05. The Morgan fingerprint density at radius 3 is 2.45 bits per heavy atom. The van der Waals surface area contributed by atoms with Gasteiger partial charge < -0.3 is 4.90 Å². The molecule has 2 aromatic rings. The highest BCUT2D eigenvalue weighted by Gasteiger charge is 2.12. The number of aryl methyl sites for hydroxylation is 1. The van der Waals surface area contributed by atoms with Crippen molar-refractivity contribution in [1.82, 2.24) is 4.90 Å². The van der Waals surface area contributed by atoms with Gasteiger partial charge in [-0.1, -0.05) is 57.9 Å². The molecule has 0 saturated carbocycles. The lowest BCUT2D eigenvalue weighted by atomic mass is 10.1. The Morgan fingerprint density at radius 1 is 1.10 bits per heavy atom. The van der Waals surface area contributed by atoms with Crippen LogP contribution in [0.2, 0.25) is 0 Å². The fraction of sp³-hybridized carbons (Fsp3) is 0.235. The van der Waals surface area contributed by atoms with E-state index in [4.69, 9.17) is 0 Å². The van der Waals surface area contributed by atoms with Gasteiger partial charge in [-0.05, 0) is 30.2 Å². The molecule has 0 atom stereocenters. The Morgan fingerprint density at radius 2 is 1.80 bits per heavy atom. The van der Waals surface area contributed by atoms with Crippen molar-refractivity contribution in [2.24, 2.45) is 0 Å². The lowest BCUT2D eigenvalue weighted by Crippen LogP contribution is -2.26. The summed E-state index contributed by atoms with van der Waals surface area (Å²) in [6, 6.07) is 16.0. The summed E-state index contributed by atoms with van der Waals surface area (Å²) in [6.07, 6.45) is 0. The average Bonchev–Trinajstić information content (AvgIpc) is 2.48. The van der Waals surface area contributed by atoms with E-state index < -0.39 is 0 Å². The molecule has 0 N–H and O–H groups in total. The zero-order valence-corrected chi connectivity index (χ0v) is 13.4. The first-order valence-corrected chi connectivity index (χ1v) is 7.68. The topological polar surface area (TPSA) is 20.3 Å². The summed E-state index contributed by atoms with van der Waals surface area (Å²) in [5, 5.41) is 0.760. The van der Waals surface area contributed by atoms with Crippen molar-refractivity contribution in [2.45, 2.75) is 18.8 Å². The predicted octanol–water partition coefficient (Wildman–Crippen LogP) is 4.16. The highest BCUT2D eigenvalue weighted by atomic mass is 79.9. The smallest absolute Gasteiger partial charge is 0.253 e. The van der Waals surface area contributed by atoms with Crippen LogP contribution in [0, 0.1) is 6.92 Å². The molecule has 0 aliphatic carbocycles. The van der Waals surface area contributed by atoms with Crippen LogP contribution in [0.5, 0.6) is 0 Å². The van der Waals surface area contributed by atoms with Crippen molar-refractivity contribution >= 4 is 21.8 Å². The molecule has 0 aromatic heterocycles. The second-order valence-corrected chi connectivity index (χ2v) is 5.54. The van der Waals surface area contributed by atoms with E-state index in [1.54, 1.807) is 4.90 Å². The van der Waals surface area contributed by atoms with Crippen LogP contribution >= 0.6 is 15.9 Å². The number of benzene rings is 2. The predicted molar refractivity (Wildman–Crippen MR) is 86.0 cm³/mol. The SMILES string of the molecule is Cc1ccc(CN(C)C(=O)c2cccc(CBr)c2)cc1. The van der Waals surface area contributed by atoms with Crippen molar-refractivity contribution in [3.8, 4) is 0 Å². The Labute approximate surface area is 128 Å². The van der Waals surface area contributed by atoms with Gasteiger partial charge in [-0.25, -0.2) is 0 Å². The number of halogens is 1. The minimum Gasteiger partial charge on any atom is -0.337 e. The summed E-state index contributed by atoms with van der Waals surface area (Å²) >= 11 is 3.41. The van der Waals surface area contributed by atoms with E-state index in [9.17, 15) is 4.79 Å². The van der Waals surface area contributed by atoms with E-state index >= 15 is 0 Å². The Bertz CT molecular complexity index is 592. The monoisotopic (exact) mass is 331 g/mol. The third kappa shape index (κ3) is 3.70.